The maximum absolute atomic E-state index is 11.8. The summed E-state index contributed by atoms with van der Waals surface area (Å²) in [5.74, 6) is 1.13. The first-order chi connectivity index (χ1) is 9.56. The molecule has 0 bridgehead atoms. The predicted octanol–water partition coefficient (Wildman–Crippen LogP) is 3.19. The third-order valence-corrected chi connectivity index (χ3v) is 3.67. The monoisotopic (exact) mass is 401 g/mol. The van der Waals surface area contributed by atoms with E-state index in [2.05, 4.69) is 47.1 Å². The number of nitrogens with zero attached hydrogens (tertiary/aromatic N) is 1. The molecule has 2 rings (SSSR count). The van der Waals surface area contributed by atoms with Crippen LogP contribution >= 0.6 is 31.9 Å². The van der Waals surface area contributed by atoms with Gasteiger partial charge >= 0.3 is 0 Å². The smallest absolute Gasteiger partial charge is 0.258 e. The molecule has 2 aromatic rings. The third kappa shape index (κ3) is 4.08. The Morgan fingerprint density at radius 1 is 1.50 bits per heavy atom. The van der Waals surface area contributed by atoms with Crippen molar-refractivity contribution in [2.24, 2.45) is 0 Å². The number of carbonyl (C=O) groups excluding carboxylic acids is 1. The fraction of sp³-hybridized carbons (Fsp3) is 0.231. The highest BCUT2D eigenvalue weighted by Crippen LogP contribution is 2.28. The van der Waals surface area contributed by atoms with Crippen LogP contribution in [0.1, 0.15) is 18.8 Å². The van der Waals surface area contributed by atoms with Gasteiger partial charge in [-0.15, -0.1) is 0 Å². The van der Waals surface area contributed by atoms with Crippen molar-refractivity contribution < 1.29 is 9.53 Å². The van der Waals surface area contributed by atoms with Crippen molar-refractivity contribution in [2.45, 2.75) is 13.0 Å². The molecule has 0 aliphatic rings. The normalized spacial score (nSPS) is 11.9. The highest BCUT2D eigenvalue weighted by Gasteiger charge is 2.12. The number of carbonyl (C=O) groups is 1. The molecule has 1 amide bonds. The lowest BCUT2D eigenvalue weighted by Crippen LogP contribution is -2.31. The first kappa shape index (κ1) is 15.1. The van der Waals surface area contributed by atoms with Crippen LogP contribution in [0.2, 0.25) is 0 Å². The Morgan fingerprint density at radius 2 is 2.30 bits per heavy atom. The standard InChI is InChI=1S/C13H13Br2N3O2/c1-8(13-16-4-5-17-13)18-12(19)7-20-11-3-2-9(14)6-10(11)15/h2-6,8H,7H2,1H3,(H,16,17)(H,18,19). The van der Waals surface area contributed by atoms with Gasteiger partial charge in [-0.2, -0.15) is 0 Å². The summed E-state index contributed by atoms with van der Waals surface area (Å²) < 4.78 is 7.19. The molecule has 0 spiro atoms. The SMILES string of the molecule is CC(NC(=O)COc1ccc(Br)cc1Br)c1ncc[nH]1. The summed E-state index contributed by atoms with van der Waals surface area (Å²) in [5.41, 5.74) is 0. The number of ether oxygens (including phenoxy) is 1. The van der Waals surface area contributed by atoms with E-state index in [0.717, 1.165) is 8.95 Å². The van der Waals surface area contributed by atoms with Gasteiger partial charge in [-0.05, 0) is 41.1 Å². The Balaban J connectivity index is 1.86. The molecule has 0 fully saturated rings. The van der Waals surface area contributed by atoms with Crippen LogP contribution in [0.3, 0.4) is 0 Å². The number of hydrogen-bond donors (Lipinski definition) is 2. The number of aromatic nitrogens is 2. The van der Waals surface area contributed by atoms with Gasteiger partial charge in [0.1, 0.15) is 11.6 Å². The minimum absolute atomic E-state index is 0.0503. The van der Waals surface area contributed by atoms with Crippen LogP contribution in [-0.2, 0) is 4.79 Å². The molecule has 20 heavy (non-hydrogen) atoms. The molecule has 7 heteroatoms. The number of aromatic amines is 1. The molecular weight excluding hydrogens is 390 g/mol. The van der Waals surface area contributed by atoms with Crippen molar-refractivity contribution in [1.29, 1.82) is 0 Å². The van der Waals surface area contributed by atoms with Crippen molar-refractivity contribution in [3.63, 3.8) is 0 Å². The molecule has 0 saturated heterocycles. The number of halogens is 2. The van der Waals surface area contributed by atoms with Gasteiger partial charge in [-0.25, -0.2) is 4.98 Å². The predicted molar refractivity (Wildman–Crippen MR) is 82.5 cm³/mol. The van der Waals surface area contributed by atoms with E-state index in [1.165, 1.54) is 0 Å². The van der Waals surface area contributed by atoms with Crippen molar-refractivity contribution in [3.8, 4) is 5.75 Å². The quantitative estimate of drug-likeness (QED) is 0.806. The van der Waals surface area contributed by atoms with Gasteiger partial charge in [-0.1, -0.05) is 15.9 Å². The van der Waals surface area contributed by atoms with Crippen molar-refractivity contribution in [2.75, 3.05) is 6.61 Å². The summed E-state index contributed by atoms with van der Waals surface area (Å²) in [6.45, 7) is 1.80. The van der Waals surface area contributed by atoms with Crippen LogP contribution in [0.15, 0.2) is 39.5 Å². The number of hydrogen-bond acceptors (Lipinski definition) is 3. The number of nitrogens with one attached hydrogen (secondary N) is 2. The largest absolute Gasteiger partial charge is 0.483 e. The van der Waals surface area contributed by atoms with Crippen LogP contribution in [0.4, 0.5) is 0 Å². The van der Waals surface area contributed by atoms with E-state index < -0.39 is 0 Å². The molecule has 1 heterocycles. The summed E-state index contributed by atoms with van der Waals surface area (Å²) in [5, 5.41) is 2.80. The first-order valence-corrected chi connectivity index (χ1v) is 7.51. The molecule has 2 N–H and O–H groups in total. The van der Waals surface area contributed by atoms with Gasteiger partial charge in [0.25, 0.3) is 5.91 Å². The molecule has 1 aromatic heterocycles. The molecule has 0 saturated carbocycles. The lowest BCUT2D eigenvalue weighted by molar-refractivity contribution is -0.123. The van der Waals surface area contributed by atoms with Crippen molar-refractivity contribution in [1.82, 2.24) is 15.3 Å². The van der Waals surface area contributed by atoms with E-state index in [9.17, 15) is 4.79 Å². The summed E-state index contributed by atoms with van der Waals surface area (Å²) >= 11 is 6.73. The number of H-pyrrole nitrogens is 1. The highest BCUT2D eigenvalue weighted by molar-refractivity contribution is 9.11. The molecule has 1 atom stereocenters. The van der Waals surface area contributed by atoms with Gasteiger partial charge in [-0.3, -0.25) is 4.79 Å². The molecule has 1 unspecified atom stereocenters. The Hall–Kier alpha value is -1.34. The zero-order valence-corrected chi connectivity index (χ0v) is 13.9. The molecule has 1 aromatic carbocycles. The Morgan fingerprint density at radius 3 is 2.95 bits per heavy atom. The minimum Gasteiger partial charge on any atom is -0.483 e. The zero-order valence-electron chi connectivity index (χ0n) is 10.7. The number of amides is 1. The molecular formula is C13H13Br2N3O2. The van der Waals surface area contributed by atoms with Gasteiger partial charge in [0.05, 0.1) is 10.5 Å². The number of benzene rings is 1. The zero-order chi connectivity index (χ0) is 14.5. The summed E-state index contributed by atoms with van der Waals surface area (Å²) in [6.07, 6.45) is 3.36. The van der Waals surface area contributed by atoms with Crippen molar-refractivity contribution in [3.05, 3.63) is 45.4 Å². The van der Waals surface area contributed by atoms with Crippen molar-refractivity contribution >= 4 is 37.8 Å². The Labute approximate surface area is 133 Å². The second-order valence-corrected chi connectivity index (χ2v) is 5.90. The van der Waals surface area contributed by atoms with Gasteiger partial charge in [0.2, 0.25) is 0 Å². The third-order valence-electron chi connectivity index (χ3n) is 2.56. The van der Waals surface area contributed by atoms with Crippen LogP contribution in [0, 0.1) is 0 Å². The average molecular weight is 403 g/mol. The van der Waals surface area contributed by atoms with E-state index >= 15 is 0 Å². The molecule has 5 nitrogen and oxygen atoms in total. The maximum Gasteiger partial charge on any atom is 0.258 e. The maximum atomic E-state index is 11.8. The molecule has 106 valence electrons. The van der Waals surface area contributed by atoms with E-state index in [0.29, 0.717) is 11.6 Å². The average Bonchev–Trinajstić information content (AvgIpc) is 2.91. The van der Waals surface area contributed by atoms with Gasteiger partial charge in [0.15, 0.2) is 6.61 Å². The topological polar surface area (TPSA) is 67.0 Å². The lowest BCUT2D eigenvalue weighted by Gasteiger charge is -2.12. The Bertz CT molecular complexity index is 587. The minimum atomic E-state index is -0.205. The molecule has 0 aliphatic carbocycles. The first-order valence-electron chi connectivity index (χ1n) is 5.92. The number of imidazole rings is 1. The van der Waals surface area contributed by atoms with Crippen LogP contribution < -0.4 is 10.1 Å². The summed E-state index contributed by atoms with van der Waals surface area (Å²) in [4.78, 5) is 18.8. The van der Waals surface area contributed by atoms with E-state index in [1.807, 2.05) is 19.1 Å². The van der Waals surface area contributed by atoms with E-state index in [-0.39, 0.29) is 18.6 Å². The molecule has 0 radical (unpaired) electrons. The van der Waals surface area contributed by atoms with E-state index in [4.69, 9.17) is 4.74 Å². The van der Waals surface area contributed by atoms with Crippen LogP contribution in [-0.4, -0.2) is 22.5 Å². The summed E-state index contributed by atoms with van der Waals surface area (Å²) in [6, 6.07) is 5.31. The van der Waals surface area contributed by atoms with Crippen LogP contribution in [0.5, 0.6) is 5.75 Å². The second kappa shape index (κ2) is 6.90. The lowest BCUT2D eigenvalue weighted by atomic mass is 10.3. The molecule has 0 aliphatic heterocycles. The highest BCUT2D eigenvalue weighted by atomic mass is 79.9. The van der Waals surface area contributed by atoms with E-state index in [1.54, 1.807) is 18.5 Å². The second-order valence-electron chi connectivity index (χ2n) is 4.13. The number of rotatable bonds is 5. The Kier molecular flexibility index (Phi) is 5.19. The fourth-order valence-electron chi connectivity index (χ4n) is 1.60. The van der Waals surface area contributed by atoms with Gasteiger partial charge < -0.3 is 15.0 Å². The van der Waals surface area contributed by atoms with Crippen LogP contribution in [0.25, 0.3) is 0 Å². The van der Waals surface area contributed by atoms with Gasteiger partial charge in [0, 0.05) is 16.9 Å². The fourth-order valence-corrected chi connectivity index (χ4v) is 2.76. The summed E-state index contributed by atoms with van der Waals surface area (Å²) in [7, 11) is 0.